The van der Waals surface area contributed by atoms with Crippen molar-refractivity contribution in [3.05, 3.63) is 35.4 Å². The van der Waals surface area contributed by atoms with E-state index in [2.05, 4.69) is 5.32 Å². The second-order valence-electron chi connectivity index (χ2n) is 6.19. The third-order valence-electron chi connectivity index (χ3n) is 4.15. The number of hydrogen-bond acceptors (Lipinski definition) is 4. The number of carboxylic acid groups (broad SMARTS) is 1. The van der Waals surface area contributed by atoms with Crippen molar-refractivity contribution in [3.8, 4) is 0 Å². The molecule has 0 radical (unpaired) electrons. The first-order valence-electron chi connectivity index (χ1n) is 8.40. The molecule has 1 aromatic carbocycles. The largest absolute Gasteiger partial charge is 0.481 e. The number of aliphatic carboxylic acids is 1. The minimum absolute atomic E-state index is 0.0329. The molecule has 2 N–H and O–H groups in total. The Hall–Kier alpha value is -2.02. The topological polar surface area (TPSA) is 86.7 Å². The quantitative estimate of drug-likeness (QED) is 0.720. The van der Waals surface area contributed by atoms with Crippen molar-refractivity contribution in [2.75, 3.05) is 31.1 Å². The van der Waals surface area contributed by atoms with Crippen LogP contribution in [0.5, 0.6) is 0 Å². The van der Waals surface area contributed by atoms with E-state index in [-0.39, 0.29) is 23.5 Å². The van der Waals surface area contributed by atoms with E-state index in [0.29, 0.717) is 31.0 Å². The van der Waals surface area contributed by atoms with E-state index in [0.717, 1.165) is 18.4 Å². The Kier molecular flexibility index (Phi) is 7.31. The molecule has 0 aliphatic carbocycles. The number of rotatable bonds is 7. The molecule has 7 heteroatoms. The first kappa shape index (κ1) is 19.3. The summed E-state index contributed by atoms with van der Waals surface area (Å²) in [6.45, 7) is 3.52. The van der Waals surface area contributed by atoms with Crippen molar-refractivity contribution >= 4 is 29.5 Å². The monoisotopic (exact) mass is 364 g/mol. The average molecular weight is 364 g/mol. The smallest absolute Gasteiger partial charge is 0.313 e. The van der Waals surface area contributed by atoms with E-state index < -0.39 is 5.97 Å². The predicted molar refractivity (Wildman–Crippen MR) is 97.8 cm³/mol. The molecule has 1 fully saturated rings. The third-order valence-corrected chi connectivity index (χ3v) is 5.09. The van der Waals surface area contributed by atoms with Crippen LogP contribution in [0.25, 0.3) is 0 Å². The fourth-order valence-corrected chi connectivity index (χ4v) is 3.37. The van der Waals surface area contributed by atoms with Crippen molar-refractivity contribution in [1.82, 2.24) is 10.2 Å². The van der Waals surface area contributed by atoms with Crippen molar-refractivity contribution in [2.45, 2.75) is 19.8 Å². The molecule has 2 rings (SSSR count). The van der Waals surface area contributed by atoms with Gasteiger partial charge in [-0.3, -0.25) is 14.4 Å². The molecule has 1 heterocycles. The molecule has 1 aliphatic heterocycles. The molecule has 0 aromatic heterocycles. The minimum Gasteiger partial charge on any atom is -0.481 e. The minimum atomic E-state index is -0.853. The fraction of sp³-hybridized carbons (Fsp3) is 0.500. The molecule has 1 atom stereocenters. The number of piperidine rings is 1. The van der Waals surface area contributed by atoms with Crippen molar-refractivity contribution in [3.63, 3.8) is 0 Å². The molecule has 0 saturated carbocycles. The summed E-state index contributed by atoms with van der Waals surface area (Å²) < 4.78 is 0. The molecule has 1 saturated heterocycles. The van der Waals surface area contributed by atoms with Crippen LogP contribution in [-0.2, 0) is 9.59 Å². The highest BCUT2D eigenvalue weighted by Gasteiger charge is 2.28. The molecule has 2 amide bonds. The number of thioether (sulfide) groups is 1. The van der Waals surface area contributed by atoms with Gasteiger partial charge in [0, 0.05) is 31.0 Å². The zero-order chi connectivity index (χ0) is 18.2. The maximum absolute atomic E-state index is 12.6. The molecule has 6 nitrogen and oxygen atoms in total. The normalized spacial score (nSPS) is 17.2. The van der Waals surface area contributed by atoms with E-state index in [1.54, 1.807) is 4.90 Å². The van der Waals surface area contributed by atoms with Crippen molar-refractivity contribution < 1.29 is 19.5 Å². The van der Waals surface area contributed by atoms with Gasteiger partial charge in [0.25, 0.3) is 5.91 Å². The molecule has 1 unspecified atom stereocenters. The molecule has 1 aliphatic rings. The molecule has 0 spiro atoms. The molecule has 136 valence electrons. The van der Waals surface area contributed by atoms with Gasteiger partial charge in [-0.15, -0.1) is 11.8 Å². The van der Waals surface area contributed by atoms with Gasteiger partial charge in [-0.05, 0) is 31.9 Å². The Bertz CT molecular complexity index is 618. The van der Waals surface area contributed by atoms with Crippen LogP contribution in [-0.4, -0.2) is 58.9 Å². The lowest BCUT2D eigenvalue weighted by Crippen LogP contribution is -2.45. The maximum atomic E-state index is 12.6. The van der Waals surface area contributed by atoms with Crippen LogP contribution < -0.4 is 5.32 Å². The first-order valence-corrected chi connectivity index (χ1v) is 9.56. The molecular formula is C18H24N2O4S. The standard InChI is InChI=1S/C18H24N2O4S/c1-13-4-6-14(7-5-13)18(24)20-9-2-3-15(11-20)17(23)19-8-10-25-12-16(21)22/h4-7,15H,2-3,8-12H2,1H3,(H,19,23)(H,21,22). The number of hydrogen-bond donors (Lipinski definition) is 2. The number of likely N-dealkylation sites (tertiary alicyclic amines) is 1. The van der Waals surface area contributed by atoms with Gasteiger partial charge in [-0.2, -0.15) is 0 Å². The summed E-state index contributed by atoms with van der Waals surface area (Å²) in [5.74, 6) is -0.539. The highest BCUT2D eigenvalue weighted by atomic mass is 32.2. The Labute approximate surface area is 152 Å². The first-order chi connectivity index (χ1) is 12.0. The summed E-state index contributed by atoms with van der Waals surface area (Å²) >= 11 is 1.28. The Morgan fingerprint density at radius 2 is 2.00 bits per heavy atom. The second kappa shape index (κ2) is 9.46. The number of carbonyl (C=O) groups excluding carboxylic acids is 2. The number of amides is 2. The highest BCUT2D eigenvalue weighted by molar-refractivity contribution is 7.99. The van der Waals surface area contributed by atoms with E-state index in [4.69, 9.17) is 5.11 Å². The molecule has 1 aromatic rings. The van der Waals surface area contributed by atoms with Gasteiger partial charge in [0.2, 0.25) is 5.91 Å². The number of benzene rings is 1. The summed E-state index contributed by atoms with van der Waals surface area (Å²) in [4.78, 5) is 37.0. The Balaban J connectivity index is 1.81. The van der Waals surface area contributed by atoms with Gasteiger partial charge in [-0.1, -0.05) is 17.7 Å². The predicted octanol–water partition coefficient (Wildman–Crippen LogP) is 1.78. The van der Waals surface area contributed by atoms with Crippen LogP contribution in [0.15, 0.2) is 24.3 Å². The van der Waals surface area contributed by atoms with Crippen LogP contribution in [0.3, 0.4) is 0 Å². The number of nitrogens with one attached hydrogen (secondary N) is 1. The number of aryl methyl sites for hydroxylation is 1. The Morgan fingerprint density at radius 1 is 1.28 bits per heavy atom. The summed E-state index contributed by atoms with van der Waals surface area (Å²) in [5, 5.41) is 11.4. The van der Waals surface area contributed by atoms with Gasteiger partial charge < -0.3 is 15.3 Å². The van der Waals surface area contributed by atoms with Gasteiger partial charge in [0.1, 0.15) is 0 Å². The third kappa shape index (κ3) is 6.08. The lowest BCUT2D eigenvalue weighted by Gasteiger charge is -2.32. The molecular weight excluding hydrogens is 340 g/mol. The summed E-state index contributed by atoms with van der Waals surface area (Å²) in [5.41, 5.74) is 1.75. The van der Waals surface area contributed by atoms with Crippen LogP contribution >= 0.6 is 11.8 Å². The SMILES string of the molecule is Cc1ccc(C(=O)N2CCCC(C(=O)NCCSCC(=O)O)C2)cc1. The number of nitrogens with zero attached hydrogens (tertiary/aromatic N) is 1. The maximum Gasteiger partial charge on any atom is 0.313 e. The fourth-order valence-electron chi connectivity index (χ4n) is 2.80. The second-order valence-corrected chi connectivity index (χ2v) is 7.30. The van der Waals surface area contributed by atoms with Crippen LogP contribution in [0.1, 0.15) is 28.8 Å². The van der Waals surface area contributed by atoms with Gasteiger partial charge in [0.05, 0.1) is 11.7 Å². The number of carbonyl (C=O) groups is 3. The van der Waals surface area contributed by atoms with E-state index >= 15 is 0 Å². The van der Waals surface area contributed by atoms with E-state index in [9.17, 15) is 14.4 Å². The zero-order valence-corrected chi connectivity index (χ0v) is 15.2. The summed E-state index contributed by atoms with van der Waals surface area (Å²) in [6.07, 6.45) is 1.58. The zero-order valence-electron chi connectivity index (χ0n) is 14.4. The molecule has 25 heavy (non-hydrogen) atoms. The van der Waals surface area contributed by atoms with Crippen LogP contribution in [0.4, 0.5) is 0 Å². The van der Waals surface area contributed by atoms with Crippen LogP contribution in [0.2, 0.25) is 0 Å². The van der Waals surface area contributed by atoms with E-state index in [1.165, 1.54) is 11.8 Å². The summed E-state index contributed by atoms with van der Waals surface area (Å²) in [7, 11) is 0. The lowest BCUT2D eigenvalue weighted by molar-refractivity contribution is -0.134. The van der Waals surface area contributed by atoms with Crippen molar-refractivity contribution in [2.24, 2.45) is 5.92 Å². The highest BCUT2D eigenvalue weighted by Crippen LogP contribution is 2.19. The molecule has 0 bridgehead atoms. The van der Waals surface area contributed by atoms with E-state index in [1.807, 2.05) is 31.2 Å². The van der Waals surface area contributed by atoms with Gasteiger partial charge in [0.15, 0.2) is 0 Å². The Morgan fingerprint density at radius 3 is 2.68 bits per heavy atom. The van der Waals surface area contributed by atoms with Crippen LogP contribution in [0, 0.1) is 12.8 Å². The lowest BCUT2D eigenvalue weighted by atomic mass is 9.96. The number of carboxylic acids is 1. The van der Waals surface area contributed by atoms with Crippen molar-refractivity contribution in [1.29, 1.82) is 0 Å². The van der Waals surface area contributed by atoms with Gasteiger partial charge >= 0.3 is 5.97 Å². The average Bonchev–Trinajstić information content (AvgIpc) is 2.61. The van der Waals surface area contributed by atoms with Gasteiger partial charge in [-0.25, -0.2) is 0 Å². The summed E-state index contributed by atoms with van der Waals surface area (Å²) in [6, 6.07) is 7.47.